The van der Waals surface area contributed by atoms with Crippen LogP contribution in [0.5, 0.6) is 0 Å². The molecule has 0 aliphatic rings. The first-order chi connectivity index (χ1) is 14.8. The van der Waals surface area contributed by atoms with E-state index in [0.717, 1.165) is 23.0 Å². The van der Waals surface area contributed by atoms with Gasteiger partial charge in [0.15, 0.2) is 0 Å². The smallest absolute Gasteiger partial charge is 0.205 e. The summed E-state index contributed by atoms with van der Waals surface area (Å²) in [6.45, 7) is 0.688. The summed E-state index contributed by atoms with van der Waals surface area (Å²) in [6.07, 6.45) is 1.34. The second kappa shape index (κ2) is 9.61. The van der Waals surface area contributed by atoms with Gasteiger partial charge < -0.3 is 4.67 Å². The second-order valence-electron chi connectivity index (χ2n) is 7.38. The topological polar surface area (TPSA) is 20.3 Å². The first-order valence-electron chi connectivity index (χ1n) is 10.3. The Morgan fingerprint density at radius 2 is 1.03 bits per heavy atom. The van der Waals surface area contributed by atoms with Crippen molar-refractivity contribution in [3.63, 3.8) is 0 Å². The molecule has 4 aromatic rings. The van der Waals surface area contributed by atoms with Crippen molar-refractivity contribution >= 4 is 18.3 Å². The van der Waals surface area contributed by atoms with Crippen LogP contribution in [-0.4, -0.2) is 6.54 Å². The molecule has 0 aliphatic heterocycles. The monoisotopic (exact) mass is 411 g/mol. The van der Waals surface area contributed by atoms with Crippen LogP contribution in [-0.2, 0) is 17.1 Å². The summed E-state index contributed by atoms with van der Waals surface area (Å²) in [7, 11) is -2.93. The summed E-state index contributed by atoms with van der Waals surface area (Å²) in [5.41, 5.74) is 3.33. The highest BCUT2D eigenvalue weighted by molar-refractivity contribution is 7.72. The molecule has 3 heteroatoms. The van der Waals surface area contributed by atoms with Crippen LogP contribution < -0.4 is 9.97 Å². The van der Waals surface area contributed by atoms with E-state index >= 15 is 0 Å². The maximum atomic E-state index is 14.8. The van der Waals surface area contributed by atoms with Crippen LogP contribution in [0.25, 0.3) is 0 Å². The Hall–Kier alpha value is -3.09. The molecule has 0 bridgehead atoms. The van der Waals surface area contributed by atoms with Crippen LogP contribution in [0.2, 0.25) is 0 Å². The number of benzene rings is 4. The molecule has 0 radical (unpaired) electrons. The first kappa shape index (κ1) is 20.2. The van der Waals surface area contributed by atoms with Crippen molar-refractivity contribution in [1.29, 1.82) is 0 Å². The van der Waals surface area contributed by atoms with Crippen LogP contribution in [0.1, 0.15) is 11.1 Å². The Kier molecular flexibility index (Phi) is 6.47. The third kappa shape index (κ3) is 4.72. The van der Waals surface area contributed by atoms with Gasteiger partial charge in [0.25, 0.3) is 0 Å². The van der Waals surface area contributed by atoms with Gasteiger partial charge in [0, 0.05) is 23.7 Å². The number of hydrogen-bond acceptors (Lipinski definition) is 1. The average Bonchev–Trinajstić information content (AvgIpc) is 2.82. The maximum Gasteiger partial charge on any atom is 0.205 e. The SMILES string of the molecule is O=P(Cc1ccccc1)(c1ccccc1)N(CCc1ccccc1)c1ccccc1. The fourth-order valence-corrected chi connectivity index (χ4v) is 6.67. The third-order valence-electron chi connectivity index (χ3n) is 5.30. The van der Waals surface area contributed by atoms with Gasteiger partial charge in [0.05, 0.1) is 0 Å². The minimum Gasteiger partial charge on any atom is -0.318 e. The molecule has 0 aliphatic carbocycles. The van der Waals surface area contributed by atoms with E-state index in [1.807, 2.05) is 72.8 Å². The van der Waals surface area contributed by atoms with Gasteiger partial charge in [-0.15, -0.1) is 0 Å². The van der Waals surface area contributed by atoms with Gasteiger partial charge in [0.2, 0.25) is 7.29 Å². The van der Waals surface area contributed by atoms with Crippen molar-refractivity contribution in [3.8, 4) is 0 Å². The molecule has 1 unspecified atom stereocenters. The van der Waals surface area contributed by atoms with E-state index < -0.39 is 7.29 Å². The summed E-state index contributed by atoms with van der Waals surface area (Å²) in [4.78, 5) is 0. The summed E-state index contributed by atoms with van der Waals surface area (Å²) in [6, 6.07) is 40.7. The molecule has 4 aromatic carbocycles. The van der Waals surface area contributed by atoms with Crippen LogP contribution in [0.4, 0.5) is 5.69 Å². The predicted octanol–water partition coefficient (Wildman–Crippen LogP) is 6.54. The zero-order valence-corrected chi connectivity index (χ0v) is 17.9. The molecule has 0 aromatic heterocycles. The van der Waals surface area contributed by atoms with Gasteiger partial charge >= 0.3 is 0 Å². The summed E-state index contributed by atoms with van der Waals surface area (Å²) >= 11 is 0. The lowest BCUT2D eigenvalue weighted by Gasteiger charge is -2.34. The Bertz CT molecular complexity index is 1080. The molecule has 0 saturated heterocycles. The van der Waals surface area contributed by atoms with Crippen molar-refractivity contribution < 1.29 is 4.57 Å². The van der Waals surface area contributed by atoms with Gasteiger partial charge in [-0.3, -0.25) is 4.57 Å². The van der Waals surface area contributed by atoms with E-state index in [1.165, 1.54) is 5.56 Å². The molecule has 0 fully saturated rings. The standard InChI is InChI=1S/C27H26NOP/c29-30(27-19-11-4-12-20-27,23-25-15-7-2-8-16-25)28(26-17-9-3-10-18-26)22-21-24-13-5-1-6-14-24/h1-20H,21-23H2. The van der Waals surface area contributed by atoms with Crippen LogP contribution in [0, 0.1) is 0 Å². The average molecular weight is 411 g/mol. The van der Waals surface area contributed by atoms with Gasteiger partial charge in [0.1, 0.15) is 0 Å². The zero-order valence-electron chi connectivity index (χ0n) is 17.0. The van der Waals surface area contributed by atoms with Crippen LogP contribution in [0.3, 0.4) is 0 Å². The van der Waals surface area contributed by atoms with Crippen molar-refractivity contribution in [2.24, 2.45) is 0 Å². The van der Waals surface area contributed by atoms with E-state index in [4.69, 9.17) is 0 Å². The normalized spacial score (nSPS) is 12.8. The predicted molar refractivity (Wildman–Crippen MR) is 128 cm³/mol. The lowest BCUT2D eigenvalue weighted by Crippen LogP contribution is -2.29. The van der Waals surface area contributed by atoms with Gasteiger partial charge in [-0.25, -0.2) is 0 Å². The molecule has 0 saturated carbocycles. The van der Waals surface area contributed by atoms with E-state index in [1.54, 1.807) is 0 Å². The molecule has 0 amide bonds. The number of anilines is 1. The summed E-state index contributed by atoms with van der Waals surface area (Å²) in [5, 5.41) is 0.894. The van der Waals surface area contributed by atoms with E-state index in [2.05, 4.69) is 53.2 Å². The summed E-state index contributed by atoms with van der Waals surface area (Å²) < 4.78 is 17.0. The maximum absolute atomic E-state index is 14.8. The Labute approximate surface area is 179 Å². The fraction of sp³-hybridized carbons (Fsp3) is 0.111. The lowest BCUT2D eigenvalue weighted by molar-refractivity contribution is 0.576. The van der Waals surface area contributed by atoms with Crippen molar-refractivity contribution in [3.05, 3.63) is 132 Å². The Morgan fingerprint density at radius 1 is 0.567 bits per heavy atom. The van der Waals surface area contributed by atoms with Crippen molar-refractivity contribution in [1.82, 2.24) is 0 Å². The third-order valence-corrected chi connectivity index (χ3v) is 8.41. The Balaban J connectivity index is 1.77. The second-order valence-corrected chi connectivity index (χ2v) is 10.1. The van der Waals surface area contributed by atoms with E-state index in [9.17, 15) is 4.57 Å². The number of hydrogen-bond donors (Lipinski definition) is 0. The fourth-order valence-electron chi connectivity index (χ4n) is 3.76. The minimum atomic E-state index is -2.93. The molecule has 2 nitrogen and oxygen atoms in total. The largest absolute Gasteiger partial charge is 0.318 e. The van der Waals surface area contributed by atoms with Crippen molar-refractivity contribution in [2.75, 3.05) is 11.2 Å². The Morgan fingerprint density at radius 3 is 1.60 bits per heavy atom. The minimum absolute atomic E-state index is 0.502. The number of rotatable bonds is 8. The van der Waals surface area contributed by atoms with Crippen LogP contribution in [0.15, 0.2) is 121 Å². The highest BCUT2D eigenvalue weighted by Gasteiger charge is 2.33. The van der Waals surface area contributed by atoms with Gasteiger partial charge in [-0.05, 0) is 41.8 Å². The molecule has 0 heterocycles. The molecule has 0 N–H and O–H groups in total. The molecule has 150 valence electrons. The van der Waals surface area contributed by atoms with E-state index in [-0.39, 0.29) is 0 Å². The highest BCUT2D eigenvalue weighted by atomic mass is 31.2. The van der Waals surface area contributed by atoms with E-state index in [0.29, 0.717) is 12.7 Å². The lowest BCUT2D eigenvalue weighted by atomic mass is 10.1. The van der Waals surface area contributed by atoms with Crippen molar-refractivity contribution in [2.45, 2.75) is 12.6 Å². The number of para-hydroxylation sites is 1. The highest BCUT2D eigenvalue weighted by Crippen LogP contribution is 2.53. The molecule has 4 rings (SSSR count). The quantitative estimate of drug-likeness (QED) is 0.307. The van der Waals surface area contributed by atoms with Gasteiger partial charge in [-0.1, -0.05) is 97.1 Å². The summed E-state index contributed by atoms with van der Waals surface area (Å²) in [5.74, 6) is 0. The zero-order chi connectivity index (χ0) is 20.7. The van der Waals surface area contributed by atoms with Crippen LogP contribution >= 0.6 is 7.29 Å². The molecular weight excluding hydrogens is 385 g/mol. The number of nitrogens with zero attached hydrogens (tertiary/aromatic N) is 1. The molecule has 0 spiro atoms. The molecule has 30 heavy (non-hydrogen) atoms. The molecular formula is C27H26NOP. The molecule has 1 atom stereocenters. The first-order valence-corrected chi connectivity index (χ1v) is 12.2. The van der Waals surface area contributed by atoms with Gasteiger partial charge in [-0.2, -0.15) is 0 Å².